The van der Waals surface area contributed by atoms with Gasteiger partial charge in [-0.2, -0.15) is 0 Å². The van der Waals surface area contributed by atoms with E-state index >= 15 is 0 Å². The van der Waals surface area contributed by atoms with Gasteiger partial charge in [-0.05, 0) is 60.6 Å². The zero-order valence-electron chi connectivity index (χ0n) is 21.2. The number of amides is 1. The molecule has 1 fully saturated rings. The molecule has 0 saturated carbocycles. The highest BCUT2D eigenvalue weighted by Crippen LogP contribution is 2.38. The number of aryl methyl sites for hydroxylation is 1. The maximum atomic E-state index is 13.0. The summed E-state index contributed by atoms with van der Waals surface area (Å²) in [5.41, 5.74) is 2.76. The van der Waals surface area contributed by atoms with Crippen LogP contribution >= 0.6 is 0 Å². The lowest BCUT2D eigenvalue weighted by atomic mass is 9.73. The fourth-order valence-corrected chi connectivity index (χ4v) is 5.78. The van der Waals surface area contributed by atoms with E-state index in [1.165, 1.54) is 24.8 Å². The van der Waals surface area contributed by atoms with Crippen molar-refractivity contribution in [1.29, 1.82) is 0 Å². The van der Waals surface area contributed by atoms with Gasteiger partial charge in [0.05, 0.1) is 6.42 Å². The van der Waals surface area contributed by atoms with Crippen molar-refractivity contribution in [2.45, 2.75) is 58.8 Å². The zero-order chi connectivity index (χ0) is 23.8. The summed E-state index contributed by atoms with van der Waals surface area (Å²) < 4.78 is 6.26. The minimum atomic E-state index is 0.276. The molecule has 0 bridgehead atoms. The van der Waals surface area contributed by atoms with Crippen LogP contribution in [-0.2, 0) is 17.6 Å². The van der Waals surface area contributed by atoms with Crippen molar-refractivity contribution in [3.8, 4) is 5.75 Å². The summed E-state index contributed by atoms with van der Waals surface area (Å²) in [6.45, 7) is 10.3. The molecule has 34 heavy (non-hydrogen) atoms. The summed E-state index contributed by atoms with van der Waals surface area (Å²) >= 11 is 0. The molecule has 2 aliphatic rings. The van der Waals surface area contributed by atoms with Gasteiger partial charge in [-0.1, -0.05) is 68.8 Å². The molecule has 0 aliphatic carbocycles. The van der Waals surface area contributed by atoms with Crippen LogP contribution in [0.3, 0.4) is 0 Å². The van der Waals surface area contributed by atoms with Gasteiger partial charge in [0.25, 0.3) is 0 Å². The Bertz CT molecular complexity index is 903. The number of piperidine rings is 1. The summed E-state index contributed by atoms with van der Waals surface area (Å²) in [7, 11) is 0. The first-order chi connectivity index (χ1) is 16.5. The molecule has 0 unspecified atom stereocenters. The number of benzene rings is 2. The standard InChI is InChI=1S/C30H42N2O2/c1-25(2)23-31-20-21-34-28-14-7-6-12-27(28)13-8-9-15-30(24-31)16-18-32(19-17-30)29(33)22-26-10-4-3-5-11-26/h3-7,10-12,14,25H,8-9,13,15-24H2,1-2H3. The lowest BCUT2D eigenvalue weighted by Gasteiger charge is -2.45. The summed E-state index contributed by atoms with van der Waals surface area (Å²) in [6, 6.07) is 18.7. The molecule has 184 valence electrons. The van der Waals surface area contributed by atoms with Gasteiger partial charge in [-0.3, -0.25) is 9.69 Å². The molecule has 2 heterocycles. The number of rotatable bonds is 4. The van der Waals surface area contributed by atoms with Gasteiger partial charge in [-0.25, -0.2) is 0 Å². The molecule has 1 spiro atoms. The second kappa shape index (κ2) is 11.9. The minimum absolute atomic E-state index is 0.276. The normalized spacial score (nSPS) is 19.7. The van der Waals surface area contributed by atoms with Crippen molar-refractivity contribution >= 4 is 5.91 Å². The molecule has 0 N–H and O–H groups in total. The molecular formula is C30H42N2O2. The van der Waals surface area contributed by atoms with Crippen molar-refractivity contribution in [3.63, 3.8) is 0 Å². The Labute approximate surface area is 206 Å². The number of fused-ring (bicyclic) bond motifs is 1. The number of likely N-dealkylation sites (tertiary alicyclic amines) is 1. The van der Waals surface area contributed by atoms with Gasteiger partial charge in [-0.15, -0.1) is 0 Å². The van der Waals surface area contributed by atoms with E-state index in [2.05, 4.69) is 60.0 Å². The summed E-state index contributed by atoms with van der Waals surface area (Å²) in [4.78, 5) is 17.7. The summed E-state index contributed by atoms with van der Waals surface area (Å²) in [5.74, 6) is 1.97. The van der Waals surface area contributed by atoms with Crippen molar-refractivity contribution in [1.82, 2.24) is 9.80 Å². The number of nitrogens with zero attached hydrogens (tertiary/aromatic N) is 2. The van der Waals surface area contributed by atoms with Crippen LogP contribution in [0.15, 0.2) is 54.6 Å². The highest BCUT2D eigenvalue weighted by atomic mass is 16.5. The summed E-state index contributed by atoms with van der Waals surface area (Å²) in [6.07, 6.45) is 7.52. The van der Waals surface area contributed by atoms with Gasteiger partial charge in [0.2, 0.25) is 5.91 Å². The number of para-hydroxylation sites is 1. The highest BCUT2D eigenvalue weighted by Gasteiger charge is 2.37. The Morgan fingerprint density at radius 1 is 0.941 bits per heavy atom. The minimum Gasteiger partial charge on any atom is -0.492 e. The maximum Gasteiger partial charge on any atom is 0.226 e. The maximum absolute atomic E-state index is 13.0. The molecule has 2 aliphatic heterocycles. The Morgan fingerprint density at radius 2 is 1.68 bits per heavy atom. The molecule has 1 saturated heterocycles. The van der Waals surface area contributed by atoms with E-state index in [1.807, 2.05) is 18.2 Å². The molecule has 2 aromatic carbocycles. The number of hydrogen-bond acceptors (Lipinski definition) is 3. The molecule has 4 nitrogen and oxygen atoms in total. The third-order valence-electron chi connectivity index (χ3n) is 7.60. The van der Waals surface area contributed by atoms with Crippen molar-refractivity contribution in [3.05, 3.63) is 65.7 Å². The Balaban J connectivity index is 1.42. The van der Waals surface area contributed by atoms with Crippen molar-refractivity contribution in [2.75, 3.05) is 39.3 Å². The van der Waals surface area contributed by atoms with Gasteiger partial charge >= 0.3 is 0 Å². The SMILES string of the molecule is CC(C)CN1CCOc2ccccc2CCCCC2(CCN(C(=O)Cc3ccccc3)CC2)C1. The second-order valence-electron chi connectivity index (χ2n) is 10.8. The summed E-state index contributed by atoms with van der Waals surface area (Å²) in [5, 5.41) is 0. The molecule has 4 rings (SSSR count). The van der Waals surface area contributed by atoms with Crippen LogP contribution in [-0.4, -0.2) is 55.0 Å². The van der Waals surface area contributed by atoms with E-state index in [0.29, 0.717) is 17.8 Å². The van der Waals surface area contributed by atoms with Crippen LogP contribution < -0.4 is 4.74 Å². The van der Waals surface area contributed by atoms with Gasteiger partial charge in [0, 0.05) is 32.7 Å². The molecular weight excluding hydrogens is 420 g/mol. The first kappa shape index (κ1) is 24.8. The third kappa shape index (κ3) is 6.85. The lowest BCUT2D eigenvalue weighted by Crippen LogP contribution is -2.49. The fourth-order valence-electron chi connectivity index (χ4n) is 5.78. The number of hydrogen-bond donors (Lipinski definition) is 0. The monoisotopic (exact) mass is 462 g/mol. The van der Waals surface area contributed by atoms with E-state index in [-0.39, 0.29) is 5.91 Å². The van der Waals surface area contributed by atoms with Crippen LogP contribution in [0.4, 0.5) is 0 Å². The van der Waals surface area contributed by atoms with Crippen LogP contribution in [0.25, 0.3) is 0 Å². The van der Waals surface area contributed by atoms with Gasteiger partial charge in [0.15, 0.2) is 0 Å². The van der Waals surface area contributed by atoms with E-state index in [9.17, 15) is 4.79 Å². The second-order valence-corrected chi connectivity index (χ2v) is 10.8. The predicted octanol–water partition coefficient (Wildman–Crippen LogP) is 5.60. The van der Waals surface area contributed by atoms with E-state index < -0.39 is 0 Å². The topological polar surface area (TPSA) is 32.8 Å². The van der Waals surface area contributed by atoms with Crippen molar-refractivity contribution in [2.24, 2.45) is 11.3 Å². The van der Waals surface area contributed by atoms with E-state index in [0.717, 1.165) is 69.9 Å². The average molecular weight is 463 g/mol. The van der Waals surface area contributed by atoms with Crippen LogP contribution in [0.5, 0.6) is 5.75 Å². The largest absolute Gasteiger partial charge is 0.492 e. The van der Waals surface area contributed by atoms with Gasteiger partial charge in [0.1, 0.15) is 12.4 Å². The van der Waals surface area contributed by atoms with E-state index in [1.54, 1.807) is 0 Å². The Hall–Kier alpha value is -2.33. The predicted molar refractivity (Wildman–Crippen MR) is 139 cm³/mol. The van der Waals surface area contributed by atoms with Gasteiger partial charge < -0.3 is 9.64 Å². The molecule has 2 aromatic rings. The molecule has 0 aromatic heterocycles. The Kier molecular flexibility index (Phi) is 8.66. The lowest BCUT2D eigenvalue weighted by molar-refractivity contribution is -0.133. The number of carbonyl (C=O) groups excluding carboxylic acids is 1. The first-order valence-corrected chi connectivity index (χ1v) is 13.3. The highest BCUT2D eigenvalue weighted by molar-refractivity contribution is 5.78. The quantitative estimate of drug-likeness (QED) is 0.593. The molecule has 0 atom stereocenters. The fraction of sp³-hybridized carbons (Fsp3) is 0.567. The van der Waals surface area contributed by atoms with Crippen LogP contribution in [0, 0.1) is 11.3 Å². The van der Waals surface area contributed by atoms with Crippen molar-refractivity contribution < 1.29 is 9.53 Å². The average Bonchev–Trinajstić information content (AvgIpc) is 2.82. The number of ether oxygens (including phenoxy) is 1. The first-order valence-electron chi connectivity index (χ1n) is 13.3. The molecule has 1 amide bonds. The Morgan fingerprint density at radius 3 is 2.44 bits per heavy atom. The molecule has 0 radical (unpaired) electrons. The zero-order valence-corrected chi connectivity index (χ0v) is 21.2. The third-order valence-corrected chi connectivity index (χ3v) is 7.60. The van der Waals surface area contributed by atoms with Crippen LogP contribution in [0.2, 0.25) is 0 Å². The molecule has 4 heteroatoms. The smallest absolute Gasteiger partial charge is 0.226 e. The van der Waals surface area contributed by atoms with E-state index in [4.69, 9.17) is 4.74 Å². The number of carbonyl (C=O) groups is 1. The van der Waals surface area contributed by atoms with Crippen LogP contribution in [0.1, 0.15) is 57.1 Å².